The average Bonchev–Trinajstić information content (AvgIpc) is 2.45. The summed E-state index contributed by atoms with van der Waals surface area (Å²) in [6, 6.07) is 15.5. The molecule has 0 unspecified atom stereocenters. The molecule has 4 nitrogen and oxygen atoms in total. The van der Waals surface area contributed by atoms with Gasteiger partial charge in [0.2, 0.25) is 0 Å². The Morgan fingerprint density at radius 1 is 1.05 bits per heavy atom. The van der Waals surface area contributed by atoms with Crippen LogP contribution in [0.4, 0.5) is 17.1 Å². The minimum absolute atomic E-state index is 0.608. The number of hydrogen-bond donors (Lipinski definition) is 0. The van der Waals surface area contributed by atoms with Crippen LogP contribution in [0, 0.1) is 18.3 Å². The van der Waals surface area contributed by atoms with E-state index in [0.717, 1.165) is 16.9 Å². The van der Waals surface area contributed by atoms with Crippen molar-refractivity contribution in [1.82, 2.24) is 0 Å². The Kier molecular flexibility index (Phi) is 4.11. The molecule has 0 heterocycles. The summed E-state index contributed by atoms with van der Waals surface area (Å²) in [5, 5.41) is 17.8. The monoisotopic (exact) mass is 264 g/mol. The van der Waals surface area contributed by atoms with Crippen molar-refractivity contribution in [3.8, 4) is 6.07 Å². The summed E-state index contributed by atoms with van der Waals surface area (Å²) in [7, 11) is 3.79. The molecule has 0 aliphatic carbocycles. The van der Waals surface area contributed by atoms with E-state index in [9.17, 15) is 5.26 Å². The molecule has 0 saturated heterocycles. The molecule has 0 fully saturated rings. The third-order valence-electron chi connectivity index (χ3n) is 2.83. The first-order valence-corrected chi connectivity index (χ1v) is 6.30. The van der Waals surface area contributed by atoms with Gasteiger partial charge in [-0.05, 0) is 36.8 Å². The van der Waals surface area contributed by atoms with Crippen LogP contribution in [0.15, 0.2) is 52.7 Å². The zero-order chi connectivity index (χ0) is 14.5. The lowest BCUT2D eigenvalue weighted by Crippen LogP contribution is -2.10. The van der Waals surface area contributed by atoms with E-state index in [1.165, 1.54) is 0 Å². The van der Waals surface area contributed by atoms with Crippen LogP contribution in [-0.4, -0.2) is 14.1 Å². The molecule has 0 aliphatic heterocycles. The van der Waals surface area contributed by atoms with Gasteiger partial charge in [-0.1, -0.05) is 18.2 Å². The summed E-state index contributed by atoms with van der Waals surface area (Å²) in [6.45, 7) is 1.95. The van der Waals surface area contributed by atoms with Crippen LogP contribution in [-0.2, 0) is 0 Å². The first-order chi connectivity index (χ1) is 9.61. The van der Waals surface area contributed by atoms with Crippen molar-refractivity contribution in [3.05, 3.63) is 53.6 Å². The van der Waals surface area contributed by atoms with Gasteiger partial charge in [0.1, 0.15) is 11.8 Å². The summed E-state index contributed by atoms with van der Waals surface area (Å²) in [4.78, 5) is 1.89. The largest absolute Gasteiger partial charge is 0.375 e. The number of nitrogens with zero attached hydrogens (tertiary/aromatic N) is 4. The van der Waals surface area contributed by atoms with Crippen LogP contribution in [0.2, 0.25) is 0 Å². The highest BCUT2D eigenvalue weighted by Gasteiger charge is 2.11. The standard InChI is InChI=1S/C16H16N4/c1-12-9-13(11-17)16(20(2)3)15(10-12)19-18-14-7-5-4-6-8-14/h4-10H,1-3H3. The number of anilines is 1. The maximum Gasteiger partial charge on any atom is 0.111 e. The van der Waals surface area contributed by atoms with E-state index in [4.69, 9.17) is 0 Å². The fraction of sp³-hybridized carbons (Fsp3) is 0.188. The summed E-state index contributed by atoms with van der Waals surface area (Å²) >= 11 is 0. The van der Waals surface area contributed by atoms with E-state index in [2.05, 4.69) is 16.3 Å². The number of hydrogen-bond acceptors (Lipinski definition) is 4. The highest BCUT2D eigenvalue weighted by Crippen LogP contribution is 2.33. The zero-order valence-corrected chi connectivity index (χ0v) is 11.8. The number of aryl methyl sites for hydroxylation is 1. The molecule has 2 aromatic carbocycles. The van der Waals surface area contributed by atoms with Crippen molar-refractivity contribution in [2.45, 2.75) is 6.92 Å². The van der Waals surface area contributed by atoms with Crippen molar-refractivity contribution in [3.63, 3.8) is 0 Å². The van der Waals surface area contributed by atoms with Gasteiger partial charge in [0.25, 0.3) is 0 Å². The van der Waals surface area contributed by atoms with E-state index in [0.29, 0.717) is 11.3 Å². The second-order valence-electron chi connectivity index (χ2n) is 4.72. The fourth-order valence-electron chi connectivity index (χ4n) is 2.00. The molecule has 0 amide bonds. The van der Waals surface area contributed by atoms with E-state index in [1.54, 1.807) is 0 Å². The second-order valence-corrected chi connectivity index (χ2v) is 4.72. The Morgan fingerprint density at radius 2 is 1.75 bits per heavy atom. The molecule has 0 radical (unpaired) electrons. The fourth-order valence-corrected chi connectivity index (χ4v) is 2.00. The van der Waals surface area contributed by atoms with Crippen LogP contribution in [0.1, 0.15) is 11.1 Å². The lowest BCUT2D eigenvalue weighted by Gasteiger charge is -2.16. The first-order valence-electron chi connectivity index (χ1n) is 6.30. The molecule has 0 bridgehead atoms. The summed E-state index contributed by atoms with van der Waals surface area (Å²) in [6.07, 6.45) is 0. The van der Waals surface area contributed by atoms with Gasteiger partial charge in [-0.3, -0.25) is 0 Å². The predicted octanol–water partition coefficient (Wildman–Crippen LogP) is 4.35. The van der Waals surface area contributed by atoms with Gasteiger partial charge < -0.3 is 4.90 Å². The maximum absolute atomic E-state index is 9.25. The van der Waals surface area contributed by atoms with Gasteiger partial charge in [0.05, 0.1) is 16.9 Å². The molecule has 0 aliphatic rings. The van der Waals surface area contributed by atoms with Gasteiger partial charge in [-0.15, -0.1) is 5.11 Å². The molecule has 20 heavy (non-hydrogen) atoms. The number of rotatable bonds is 3. The third-order valence-corrected chi connectivity index (χ3v) is 2.83. The van der Waals surface area contributed by atoms with Gasteiger partial charge in [-0.2, -0.15) is 10.4 Å². The highest BCUT2D eigenvalue weighted by molar-refractivity contribution is 5.74. The van der Waals surface area contributed by atoms with Crippen molar-refractivity contribution >= 4 is 17.1 Å². The zero-order valence-electron chi connectivity index (χ0n) is 11.8. The van der Waals surface area contributed by atoms with E-state index >= 15 is 0 Å². The Morgan fingerprint density at radius 3 is 2.35 bits per heavy atom. The molecule has 0 spiro atoms. The Balaban J connectivity index is 2.48. The number of azo groups is 1. The SMILES string of the molecule is Cc1cc(C#N)c(N(C)C)c(N=Nc2ccccc2)c1. The summed E-state index contributed by atoms with van der Waals surface area (Å²) in [5.74, 6) is 0. The van der Waals surface area contributed by atoms with Crippen molar-refractivity contribution < 1.29 is 0 Å². The van der Waals surface area contributed by atoms with E-state index in [-0.39, 0.29) is 0 Å². The van der Waals surface area contributed by atoms with Gasteiger partial charge in [-0.25, -0.2) is 0 Å². The molecule has 0 aromatic heterocycles. The lowest BCUT2D eigenvalue weighted by molar-refractivity contribution is 1.10. The minimum atomic E-state index is 0.608. The molecular formula is C16H16N4. The normalized spacial score (nSPS) is 10.5. The molecule has 100 valence electrons. The third kappa shape index (κ3) is 3.01. The highest BCUT2D eigenvalue weighted by atomic mass is 15.1. The average molecular weight is 264 g/mol. The molecule has 0 atom stereocenters. The van der Waals surface area contributed by atoms with Crippen molar-refractivity contribution in [1.29, 1.82) is 5.26 Å². The molecule has 0 N–H and O–H groups in total. The molecule has 0 saturated carbocycles. The van der Waals surface area contributed by atoms with Crippen LogP contribution in [0.5, 0.6) is 0 Å². The summed E-state index contributed by atoms with van der Waals surface area (Å²) < 4.78 is 0. The Hall–Kier alpha value is -2.67. The van der Waals surface area contributed by atoms with Gasteiger partial charge in [0, 0.05) is 14.1 Å². The Labute approximate surface area is 119 Å². The van der Waals surface area contributed by atoms with Crippen molar-refractivity contribution in [2.75, 3.05) is 19.0 Å². The quantitative estimate of drug-likeness (QED) is 0.774. The van der Waals surface area contributed by atoms with Gasteiger partial charge in [0.15, 0.2) is 0 Å². The van der Waals surface area contributed by atoms with Crippen LogP contribution < -0.4 is 4.90 Å². The number of nitriles is 1. The maximum atomic E-state index is 9.25. The predicted molar refractivity (Wildman–Crippen MR) is 80.8 cm³/mol. The molecule has 4 heteroatoms. The molecule has 2 rings (SSSR count). The summed E-state index contributed by atoms with van der Waals surface area (Å²) in [5.41, 5.74) is 3.89. The van der Waals surface area contributed by atoms with Gasteiger partial charge >= 0.3 is 0 Å². The first kappa shape index (κ1) is 13.8. The van der Waals surface area contributed by atoms with E-state index in [1.807, 2.05) is 68.4 Å². The lowest BCUT2D eigenvalue weighted by atomic mass is 10.1. The second kappa shape index (κ2) is 5.98. The molecule has 2 aromatic rings. The topological polar surface area (TPSA) is 51.8 Å². The van der Waals surface area contributed by atoms with Crippen LogP contribution in [0.25, 0.3) is 0 Å². The van der Waals surface area contributed by atoms with Crippen LogP contribution in [0.3, 0.4) is 0 Å². The number of benzene rings is 2. The smallest absolute Gasteiger partial charge is 0.111 e. The van der Waals surface area contributed by atoms with Crippen molar-refractivity contribution in [2.24, 2.45) is 10.2 Å². The minimum Gasteiger partial charge on any atom is -0.375 e. The van der Waals surface area contributed by atoms with E-state index < -0.39 is 0 Å². The molecular weight excluding hydrogens is 248 g/mol. The van der Waals surface area contributed by atoms with Crippen LogP contribution >= 0.6 is 0 Å². The Bertz CT molecular complexity index is 667.